The Balaban J connectivity index is 1.26. The zero-order valence-electron chi connectivity index (χ0n) is 18.6. The third-order valence-corrected chi connectivity index (χ3v) is 5.55. The van der Waals surface area contributed by atoms with Crippen LogP contribution < -0.4 is 14.8 Å². The van der Waals surface area contributed by atoms with Gasteiger partial charge in [0, 0.05) is 46.5 Å². The molecule has 35 heavy (non-hydrogen) atoms. The van der Waals surface area contributed by atoms with Crippen molar-refractivity contribution < 1.29 is 9.47 Å². The van der Waals surface area contributed by atoms with Crippen LogP contribution in [0.1, 0.15) is 0 Å². The maximum absolute atomic E-state index is 6.09. The molecule has 0 aliphatic carbocycles. The van der Waals surface area contributed by atoms with E-state index in [2.05, 4.69) is 35.7 Å². The molecule has 4 aromatic heterocycles. The predicted molar refractivity (Wildman–Crippen MR) is 133 cm³/mol. The number of methoxy groups -OCH3 is 1. The number of benzene rings is 2. The molecule has 0 amide bonds. The van der Waals surface area contributed by atoms with Gasteiger partial charge >= 0.3 is 0 Å². The van der Waals surface area contributed by atoms with Gasteiger partial charge in [-0.1, -0.05) is 24.3 Å². The highest BCUT2D eigenvalue weighted by Gasteiger charge is 2.12. The van der Waals surface area contributed by atoms with Gasteiger partial charge in [-0.3, -0.25) is 10.1 Å². The second kappa shape index (κ2) is 8.71. The van der Waals surface area contributed by atoms with E-state index >= 15 is 0 Å². The Morgan fingerprint density at radius 1 is 0.857 bits per heavy atom. The number of nitrogens with one attached hydrogen (secondary N) is 2. The Morgan fingerprint density at radius 3 is 2.51 bits per heavy atom. The van der Waals surface area contributed by atoms with E-state index in [1.807, 2.05) is 54.6 Å². The third kappa shape index (κ3) is 3.95. The van der Waals surface area contributed by atoms with E-state index in [1.165, 1.54) is 0 Å². The number of anilines is 2. The minimum Gasteiger partial charge on any atom is -0.495 e. The maximum Gasteiger partial charge on any atom is 0.161 e. The van der Waals surface area contributed by atoms with Gasteiger partial charge in [-0.25, -0.2) is 4.98 Å². The molecule has 9 nitrogen and oxygen atoms in total. The Labute approximate surface area is 199 Å². The summed E-state index contributed by atoms with van der Waals surface area (Å²) in [6.07, 6.45) is 6.87. The normalized spacial score (nSPS) is 11.0. The molecule has 6 rings (SSSR count). The molecule has 0 aliphatic heterocycles. The lowest BCUT2D eigenvalue weighted by atomic mass is 10.1. The first kappa shape index (κ1) is 20.5. The fraction of sp³-hybridized carbons (Fsp3) is 0.0385. The fourth-order valence-corrected chi connectivity index (χ4v) is 3.84. The van der Waals surface area contributed by atoms with Crippen molar-refractivity contribution in [1.29, 1.82) is 0 Å². The van der Waals surface area contributed by atoms with E-state index in [0.717, 1.165) is 27.7 Å². The van der Waals surface area contributed by atoms with Gasteiger partial charge in [0.1, 0.15) is 22.7 Å². The lowest BCUT2D eigenvalue weighted by Gasteiger charge is -2.12. The van der Waals surface area contributed by atoms with Crippen molar-refractivity contribution in [2.24, 2.45) is 0 Å². The summed E-state index contributed by atoms with van der Waals surface area (Å²) in [5.74, 6) is 2.60. The zero-order valence-corrected chi connectivity index (χ0v) is 18.6. The number of H-pyrrole nitrogens is 1. The second-order valence-corrected chi connectivity index (χ2v) is 7.73. The topological polar surface area (TPSA) is 111 Å². The Kier molecular flexibility index (Phi) is 5.12. The minimum absolute atomic E-state index is 0.616. The third-order valence-electron chi connectivity index (χ3n) is 5.55. The molecule has 0 saturated heterocycles. The number of rotatable bonds is 6. The molecule has 2 aromatic carbocycles. The molecule has 0 aliphatic rings. The standard InChI is InChI=1S/C26H19N7O2/c1-34-19-12-22-25(28-15-19)23(10-11-27-22)35-18-8-6-17(7-9-18)31-26-21-5-3-2-4-20(21)24(32-33-26)16-13-29-30-14-16/h2-15H,1H3,(H,29,30)(H,31,33). The van der Waals surface area contributed by atoms with Gasteiger partial charge in [-0.2, -0.15) is 5.10 Å². The van der Waals surface area contributed by atoms with Crippen molar-refractivity contribution in [1.82, 2.24) is 30.4 Å². The van der Waals surface area contributed by atoms with Crippen LogP contribution in [0.25, 0.3) is 33.1 Å². The zero-order chi connectivity index (χ0) is 23.6. The lowest BCUT2D eigenvalue weighted by molar-refractivity contribution is 0.413. The molecule has 0 atom stereocenters. The number of ether oxygens (including phenoxy) is 2. The minimum atomic E-state index is 0.616. The number of aromatic nitrogens is 6. The van der Waals surface area contributed by atoms with Crippen LogP contribution in [0, 0.1) is 0 Å². The lowest BCUT2D eigenvalue weighted by Crippen LogP contribution is -1.99. The summed E-state index contributed by atoms with van der Waals surface area (Å²) in [4.78, 5) is 8.78. The number of fused-ring (bicyclic) bond motifs is 2. The van der Waals surface area contributed by atoms with Crippen molar-refractivity contribution in [2.75, 3.05) is 12.4 Å². The van der Waals surface area contributed by atoms with Crippen molar-refractivity contribution in [3.8, 4) is 28.5 Å². The van der Waals surface area contributed by atoms with Crippen LogP contribution in [0.3, 0.4) is 0 Å². The van der Waals surface area contributed by atoms with Crippen molar-refractivity contribution in [2.45, 2.75) is 0 Å². The Bertz CT molecular complexity index is 1630. The van der Waals surface area contributed by atoms with Gasteiger partial charge in [0.25, 0.3) is 0 Å². The molecule has 9 heteroatoms. The van der Waals surface area contributed by atoms with Crippen LogP contribution in [-0.4, -0.2) is 37.5 Å². The summed E-state index contributed by atoms with van der Waals surface area (Å²) in [5.41, 5.74) is 3.88. The monoisotopic (exact) mass is 461 g/mol. The highest BCUT2D eigenvalue weighted by molar-refractivity contribution is 6.00. The van der Waals surface area contributed by atoms with Gasteiger partial charge in [0.05, 0.1) is 25.0 Å². The molecule has 6 aromatic rings. The van der Waals surface area contributed by atoms with Crippen LogP contribution in [0.5, 0.6) is 17.2 Å². The first-order valence-electron chi connectivity index (χ1n) is 10.9. The molecule has 0 saturated carbocycles. The van der Waals surface area contributed by atoms with Crippen LogP contribution in [0.2, 0.25) is 0 Å². The highest BCUT2D eigenvalue weighted by atomic mass is 16.5. The molecule has 0 spiro atoms. The van der Waals surface area contributed by atoms with Gasteiger partial charge < -0.3 is 14.8 Å². The number of hydrogen-bond donors (Lipinski definition) is 2. The van der Waals surface area contributed by atoms with Gasteiger partial charge in [0.2, 0.25) is 0 Å². The summed E-state index contributed by atoms with van der Waals surface area (Å²) in [7, 11) is 1.60. The number of aromatic amines is 1. The SMILES string of the molecule is COc1cnc2c(Oc3ccc(Nc4nnc(-c5cn[nH]c5)c5ccccc45)cc3)ccnc2c1. The number of pyridine rings is 2. The largest absolute Gasteiger partial charge is 0.495 e. The molecule has 4 heterocycles. The van der Waals surface area contributed by atoms with Gasteiger partial charge in [-0.15, -0.1) is 10.2 Å². The van der Waals surface area contributed by atoms with E-state index in [9.17, 15) is 0 Å². The van der Waals surface area contributed by atoms with E-state index in [1.54, 1.807) is 38.0 Å². The van der Waals surface area contributed by atoms with Crippen molar-refractivity contribution >= 4 is 33.3 Å². The average Bonchev–Trinajstić information content (AvgIpc) is 3.45. The molecule has 0 unspecified atom stereocenters. The fourth-order valence-electron chi connectivity index (χ4n) is 3.84. The van der Waals surface area contributed by atoms with E-state index in [-0.39, 0.29) is 0 Å². The molecule has 170 valence electrons. The van der Waals surface area contributed by atoms with Crippen LogP contribution in [-0.2, 0) is 0 Å². The summed E-state index contributed by atoms with van der Waals surface area (Å²) >= 11 is 0. The average molecular weight is 461 g/mol. The van der Waals surface area contributed by atoms with Crippen molar-refractivity contribution in [3.05, 3.63) is 85.5 Å². The molecule has 2 N–H and O–H groups in total. The first-order valence-corrected chi connectivity index (χ1v) is 10.9. The molecular weight excluding hydrogens is 442 g/mol. The van der Waals surface area contributed by atoms with Crippen LogP contribution in [0.4, 0.5) is 11.5 Å². The maximum atomic E-state index is 6.09. The summed E-state index contributed by atoms with van der Waals surface area (Å²) < 4.78 is 11.3. The van der Waals surface area contributed by atoms with Crippen LogP contribution >= 0.6 is 0 Å². The number of nitrogens with zero attached hydrogens (tertiary/aromatic N) is 5. The summed E-state index contributed by atoms with van der Waals surface area (Å²) in [5, 5.41) is 21.0. The first-order chi connectivity index (χ1) is 17.3. The second-order valence-electron chi connectivity index (χ2n) is 7.73. The highest BCUT2D eigenvalue weighted by Crippen LogP contribution is 2.32. The predicted octanol–water partition coefficient (Wildman–Crippen LogP) is 5.51. The van der Waals surface area contributed by atoms with Gasteiger partial charge in [-0.05, 0) is 24.3 Å². The Hall–Kier alpha value is -5.05. The quantitative estimate of drug-likeness (QED) is 0.334. The van der Waals surface area contributed by atoms with E-state index in [4.69, 9.17) is 9.47 Å². The number of hydrogen-bond acceptors (Lipinski definition) is 8. The van der Waals surface area contributed by atoms with Crippen LogP contribution in [0.15, 0.2) is 85.5 Å². The molecule has 0 radical (unpaired) electrons. The van der Waals surface area contributed by atoms with E-state index in [0.29, 0.717) is 34.1 Å². The van der Waals surface area contributed by atoms with Crippen molar-refractivity contribution in [3.63, 3.8) is 0 Å². The summed E-state index contributed by atoms with van der Waals surface area (Å²) in [6, 6.07) is 19.2. The van der Waals surface area contributed by atoms with Gasteiger partial charge in [0.15, 0.2) is 11.6 Å². The van der Waals surface area contributed by atoms with E-state index < -0.39 is 0 Å². The molecule has 0 fully saturated rings. The molecule has 0 bridgehead atoms. The summed E-state index contributed by atoms with van der Waals surface area (Å²) in [6.45, 7) is 0. The smallest absolute Gasteiger partial charge is 0.161 e. The Morgan fingerprint density at radius 2 is 1.71 bits per heavy atom. The molecular formula is C26H19N7O2.